The number of piperazine rings is 1. The van der Waals surface area contributed by atoms with Crippen LogP contribution >= 0.6 is 11.6 Å². The molecule has 1 N–H and O–H groups in total. The van der Waals surface area contributed by atoms with Gasteiger partial charge in [-0.1, -0.05) is 44.5 Å². The molecule has 1 aromatic carbocycles. The van der Waals surface area contributed by atoms with Gasteiger partial charge in [0.2, 0.25) is 0 Å². The van der Waals surface area contributed by atoms with Gasteiger partial charge in [-0.2, -0.15) is 0 Å². The van der Waals surface area contributed by atoms with Crippen LogP contribution in [0.5, 0.6) is 0 Å². The average molecular weight is 309 g/mol. The van der Waals surface area contributed by atoms with Gasteiger partial charge in [-0.05, 0) is 43.4 Å². The van der Waals surface area contributed by atoms with Gasteiger partial charge in [0, 0.05) is 36.2 Å². The van der Waals surface area contributed by atoms with Crippen LogP contribution in [0.1, 0.15) is 52.1 Å². The van der Waals surface area contributed by atoms with Crippen molar-refractivity contribution in [3.05, 3.63) is 34.9 Å². The summed E-state index contributed by atoms with van der Waals surface area (Å²) in [6.45, 7) is 11.4. The standard InChI is InChI=1S/C18H29ClN2/c1-5-18-11-20-17(9-13(2)3)12-21(18)14(4)15-7-6-8-16(19)10-15/h6-8,10,13-14,17-18,20H,5,9,11-12H2,1-4H3. The molecule has 21 heavy (non-hydrogen) atoms. The van der Waals surface area contributed by atoms with Crippen molar-refractivity contribution in [1.82, 2.24) is 10.2 Å². The predicted octanol–water partition coefficient (Wildman–Crippen LogP) is 4.50. The predicted molar refractivity (Wildman–Crippen MR) is 91.9 cm³/mol. The van der Waals surface area contributed by atoms with E-state index in [1.165, 1.54) is 18.4 Å². The molecule has 118 valence electrons. The summed E-state index contributed by atoms with van der Waals surface area (Å²) in [5.74, 6) is 0.740. The molecule has 1 aromatic rings. The molecule has 0 saturated carbocycles. The summed E-state index contributed by atoms with van der Waals surface area (Å²) in [5.41, 5.74) is 1.33. The molecular formula is C18H29ClN2. The summed E-state index contributed by atoms with van der Waals surface area (Å²) < 4.78 is 0. The van der Waals surface area contributed by atoms with Gasteiger partial charge in [0.05, 0.1) is 0 Å². The zero-order valence-electron chi connectivity index (χ0n) is 13.8. The summed E-state index contributed by atoms with van der Waals surface area (Å²) in [7, 11) is 0. The van der Waals surface area contributed by atoms with Gasteiger partial charge in [-0.15, -0.1) is 0 Å². The van der Waals surface area contributed by atoms with Crippen LogP contribution in [-0.4, -0.2) is 30.1 Å². The highest BCUT2D eigenvalue weighted by Gasteiger charge is 2.30. The first kappa shape index (κ1) is 16.8. The van der Waals surface area contributed by atoms with Crippen LogP contribution in [0.25, 0.3) is 0 Å². The lowest BCUT2D eigenvalue weighted by Gasteiger charge is -2.44. The molecule has 3 unspecified atom stereocenters. The van der Waals surface area contributed by atoms with Gasteiger partial charge in [-0.3, -0.25) is 4.90 Å². The van der Waals surface area contributed by atoms with Gasteiger partial charge >= 0.3 is 0 Å². The molecule has 0 aliphatic carbocycles. The highest BCUT2D eigenvalue weighted by Crippen LogP contribution is 2.28. The smallest absolute Gasteiger partial charge is 0.0409 e. The molecule has 2 nitrogen and oxygen atoms in total. The Morgan fingerprint density at radius 2 is 2.10 bits per heavy atom. The second kappa shape index (κ2) is 7.62. The monoisotopic (exact) mass is 308 g/mol. The number of halogens is 1. The summed E-state index contributed by atoms with van der Waals surface area (Å²) in [6, 6.07) is 9.96. The minimum atomic E-state index is 0.422. The summed E-state index contributed by atoms with van der Waals surface area (Å²) in [4.78, 5) is 2.66. The summed E-state index contributed by atoms with van der Waals surface area (Å²) in [6.07, 6.45) is 2.43. The van der Waals surface area contributed by atoms with Crippen LogP contribution in [0.4, 0.5) is 0 Å². The number of hydrogen-bond donors (Lipinski definition) is 1. The Hall–Kier alpha value is -0.570. The molecule has 1 aliphatic rings. The molecule has 0 amide bonds. The van der Waals surface area contributed by atoms with Crippen LogP contribution in [0.2, 0.25) is 5.02 Å². The van der Waals surface area contributed by atoms with Gasteiger partial charge in [0.1, 0.15) is 0 Å². The average Bonchev–Trinajstić information content (AvgIpc) is 2.46. The van der Waals surface area contributed by atoms with Gasteiger partial charge in [0.25, 0.3) is 0 Å². The fourth-order valence-corrected chi connectivity index (χ4v) is 3.62. The normalized spacial score (nSPS) is 25.2. The molecule has 0 radical (unpaired) electrons. The molecule has 3 atom stereocenters. The quantitative estimate of drug-likeness (QED) is 0.861. The molecule has 1 heterocycles. The SMILES string of the molecule is CCC1CNC(CC(C)C)CN1C(C)c1cccc(Cl)c1. The maximum Gasteiger partial charge on any atom is 0.0409 e. The lowest BCUT2D eigenvalue weighted by molar-refractivity contribution is 0.0803. The molecule has 0 bridgehead atoms. The van der Waals surface area contributed by atoms with Crippen molar-refractivity contribution in [2.24, 2.45) is 5.92 Å². The third kappa shape index (κ3) is 4.45. The fraction of sp³-hybridized carbons (Fsp3) is 0.667. The Morgan fingerprint density at radius 1 is 1.33 bits per heavy atom. The topological polar surface area (TPSA) is 15.3 Å². The first-order chi connectivity index (χ1) is 10.0. The number of hydrogen-bond acceptors (Lipinski definition) is 2. The minimum Gasteiger partial charge on any atom is -0.311 e. The Kier molecular flexibility index (Phi) is 6.09. The van der Waals surface area contributed by atoms with Crippen molar-refractivity contribution < 1.29 is 0 Å². The number of benzene rings is 1. The molecular weight excluding hydrogens is 280 g/mol. The first-order valence-corrected chi connectivity index (χ1v) is 8.63. The van der Waals surface area contributed by atoms with E-state index in [4.69, 9.17) is 11.6 Å². The second-order valence-corrected chi connectivity index (χ2v) is 7.16. The van der Waals surface area contributed by atoms with E-state index in [-0.39, 0.29) is 0 Å². The van der Waals surface area contributed by atoms with Gasteiger partial charge < -0.3 is 5.32 Å². The molecule has 0 aromatic heterocycles. The molecule has 1 aliphatic heterocycles. The fourth-order valence-electron chi connectivity index (χ4n) is 3.43. The van der Waals surface area contributed by atoms with Crippen LogP contribution in [-0.2, 0) is 0 Å². The lowest BCUT2D eigenvalue weighted by atomic mass is 9.96. The molecule has 1 fully saturated rings. The number of nitrogens with one attached hydrogen (secondary N) is 1. The van der Waals surface area contributed by atoms with Crippen LogP contribution in [0.15, 0.2) is 24.3 Å². The Bertz CT molecular complexity index is 447. The Labute approximate surface area is 134 Å². The van der Waals surface area contributed by atoms with E-state index >= 15 is 0 Å². The minimum absolute atomic E-state index is 0.422. The zero-order chi connectivity index (χ0) is 15.4. The highest BCUT2D eigenvalue weighted by molar-refractivity contribution is 6.30. The van der Waals surface area contributed by atoms with Crippen molar-refractivity contribution >= 4 is 11.6 Å². The van der Waals surface area contributed by atoms with Crippen LogP contribution in [0.3, 0.4) is 0 Å². The second-order valence-electron chi connectivity index (χ2n) is 6.72. The highest BCUT2D eigenvalue weighted by atomic mass is 35.5. The summed E-state index contributed by atoms with van der Waals surface area (Å²) in [5, 5.41) is 4.57. The first-order valence-electron chi connectivity index (χ1n) is 8.25. The van der Waals surface area contributed by atoms with E-state index in [1.54, 1.807) is 0 Å². The van der Waals surface area contributed by atoms with Crippen LogP contribution in [0, 0.1) is 5.92 Å². The van der Waals surface area contributed by atoms with E-state index in [0.29, 0.717) is 18.1 Å². The lowest BCUT2D eigenvalue weighted by Crippen LogP contribution is -2.57. The third-order valence-corrected chi connectivity index (χ3v) is 4.83. The van der Waals surface area contributed by atoms with E-state index in [2.05, 4.69) is 56.1 Å². The van der Waals surface area contributed by atoms with Gasteiger partial charge in [-0.25, -0.2) is 0 Å². The van der Waals surface area contributed by atoms with Crippen molar-refractivity contribution in [2.75, 3.05) is 13.1 Å². The molecule has 1 saturated heterocycles. The number of rotatable bonds is 5. The largest absolute Gasteiger partial charge is 0.311 e. The maximum absolute atomic E-state index is 6.16. The number of nitrogens with zero attached hydrogens (tertiary/aromatic N) is 1. The van der Waals surface area contributed by atoms with E-state index < -0.39 is 0 Å². The van der Waals surface area contributed by atoms with E-state index in [9.17, 15) is 0 Å². The molecule has 3 heteroatoms. The third-order valence-electron chi connectivity index (χ3n) is 4.60. The van der Waals surface area contributed by atoms with Crippen molar-refractivity contribution in [3.8, 4) is 0 Å². The van der Waals surface area contributed by atoms with Crippen molar-refractivity contribution in [2.45, 2.75) is 58.7 Å². The molecule has 2 rings (SSSR count). The van der Waals surface area contributed by atoms with E-state index in [1.807, 2.05) is 6.07 Å². The Morgan fingerprint density at radius 3 is 2.71 bits per heavy atom. The maximum atomic E-state index is 6.16. The van der Waals surface area contributed by atoms with Crippen LogP contribution < -0.4 is 5.32 Å². The van der Waals surface area contributed by atoms with Crippen molar-refractivity contribution in [1.29, 1.82) is 0 Å². The molecule has 0 spiro atoms. The Balaban J connectivity index is 2.12. The summed E-state index contributed by atoms with van der Waals surface area (Å²) >= 11 is 6.16. The zero-order valence-corrected chi connectivity index (χ0v) is 14.5. The van der Waals surface area contributed by atoms with E-state index in [0.717, 1.165) is 24.0 Å². The van der Waals surface area contributed by atoms with Gasteiger partial charge in [0.15, 0.2) is 0 Å². The van der Waals surface area contributed by atoms with Crippen molar-refractivity contribution in [3.63, 3.8) is 0 Å².